The van der Waals surface area contributed by atoms with E-state index < -0.39 is 17.7 Å². The number of carbonyl (C=O) groups excluding carboxylic acids is 3. The molecule has 0 saturated carbocycles. The highest BCUT2D eigenvalue weighted by Gasteiger charge is 2.17. The van der Waals surface area contributed by atoms with E-state index in [9.17, 15) is 14.4 Å². The van der Waals surface area contributed by atoms with Gasteiger partial charge in [0.05, 0.1) is 0 Å². The summed E-state index contributed by atoms with van der Waals surface area (Å²) in [5, 5.41) is 0. The molecule has 116 valence electrons. The molecule has 1 aromatic carbocycles. The lowest BCUT2D eigenvalue weighted by molar-refractivity contribution is -0.255. The number of esters is 2. The van der Waals surface area contributed by atoms with Crippen molar-refractivity contribution in [3.05, 3.63) is 61.1 Å². The number of hydrogen-bond acceptors (Lipinski definition) is 7. The number of Topliss-reactive ketones (excluding diaryl/α,β-unsaturated/α-hetero) is 1. The molecule has 22 heavy (non-hydrogen) atoms. The molecule has 1 rings (SSSR count). The summed E-state index contributed by atoms with van der Waals surface area (Å²) in [4.78, 5) is 42.8. The van der Waals surface area contributed by atoms with E-state index in [2.05, 4.69) is 21.1 Å². The third-order valence-electron chi connectivity index (χ3n) is 2.15. The highest BCUT2D eigenvalue weighted by atomic mass is 17.2. The number of hydrogen-bond donors (Lipinski definition) is 0. The normalized spacial score (nSPS) is 10.0. The Kier molecular flexibility index (Phi) is 7.70. The molecule has 0 fully saturated rings. The minimum atomic E-state index is -0.981. The summed E-state index contributed by atoms with van der Waals surface area (Å²) >= 11 is 0. The zero-order valence-electron chi connectivity index (χ0n) is 11.6. The average Bonchev–Trinajstić information content (AvgIpc) is 2.56. The van der Waals surface area contributed by atoms with Gasteiger partial charge in [0.2, 0.25) is 0 Å². The van der Waals surface area contributed by atoms with E-state index >= 15 is 0 Å². The van der Waals surface area contributed by atoms with Crippen molar-refractivity contribution in [1.82, 2.24) is 0 Å². The summed E-state index contributed by atoms with van der Waals surface area (Å²) in [7, 11) is 0. The molecule has 0 saturated heterocycles. The van der Waals surface area contributed by atoms with Gasteiger partial charge in [-0.05, 0) is 0 Å². The first-order valence-corrected chi connectivity index (χ1v) is 6.18. The van der Waals surface area contributed by atoms with Crippen molar-refractivity contribution in [2.75, 3.05) is 13.2 Å². The highest BCUT2D eigenvalue weighted by Crippen LogP contribution is 2.01. The molecule has 0 aliphatic rings. The molecule has 0 aliphatic carbocycles. The molecule has 0 aromatic heterocycles. The van der Waals surface area contributed by atoms with Gasteiger partial charge in [0.1, 0.15) is 19.5 Å². The Morgan fingerprint density at radius 3 is 2.45 bits per heavy atom. The van der Waals surface area contributed by atoms with Crippen LogP contribution in [0.2, 0.25) is 0 Å². The monoisotopic (exact) mass is 306 g/mol. The van der Waals surface area contributed by atoms with E-state index in [4.69, 9.17) is 4.74 Å². The van der Waals surface area contributed by atoms with Crippen LogP contribution in [-0.2, 0) is 28.8 Å². The van der Waals surface area contributed by atoms with E-state index in [1.807, 2.05) is 0 Å². The predicted molar refractivity (Wildman–Crippen MR) is 74.2 cm³/mol. The standard InChI is InChI=1S/C15H14O7/c1-2-13(16)19-8-10-21-22-11-9-20-15(18)14(17)12-6-4-3-5-7-12/h2-8,10H,1,9,11H2/b10-8+. The van der Waals surface area contributed by atoms with Gasteiger partial charge in [0.15, 0.2) is 6.26 Å². The third kappa shape index (κ3) is 6.49. The summed E-state index contributed by atoms with van der Waals surface area (Å²) in [5.74, 6) is -2.36. The largest absolute Gasteiger partial charge is 0.457 e. The van der Waals surface area contributed by atoms with Gasteiger partial charge < -0.3 is 14.4 Å². The first-order valence-electron chi connectivity index (χ1n) is 6.18. The SMILES string of the molecule is C=CC(=O)O/C=C/OOCCOC(=O)C(=O)c1ccccc1. The minimum Gasteiger partial charge on any atom is -0.457 e. The van der Waals surface area contributed by atoms with Crippen molar-refractivity contribution in [2.45, 2.75) is 0 Å². The maximum atomic E-state index is 11.6. The molecule has 0 amide bonds. The maximum absolute atomic E-state index is 11.6. The quantitative estimate of drug-likeness (QED) is 0.0999. The number of benzene rings is 1. The van der Waals surface area contributed by atoms with Crippen molar-refractivity contribution >= 4 is 17.7 Å². The van der Waals surface area contributed by atoms with Crippen molar-refractivity contribution in [3.63, 3.8) is 0 Å². The summed E-state index contributed by atoms with van der Waals surface area (Å²) in [6.07, 6.45) is 2.90. The third-order valence-corrected chi connectivity index (χ3v) is 2.15. The Morgan fingerprint density at radius 2 is 1.77 bits per heavy atom. The van der Waals surface area contributed by atoms with Crippen LogP contribution < -0.4 is 0 Å². The van der Waals surface area contributed by atoms with Crippen LogP contribution in [0, 0.1) is 0 Å². The molecule has 0 bridgehead atoms. The molecule has 0 unspecified atom stereocenters. The van der Waals surface area contributed by atoms with E-state index in [0.717, 1.165) is 18.6 Å². The minimum absolute atomic E-state index is 0.104. The van der Waals surface area contributed by atoms with Crippen molar-refractivity contribution < 1.29 is 33.6 Å². The first kappa shape index (κ1) is 17.1. The Balaban J connectivity index is 2.14. The van der Waals surface area contributed by atoms with Gasteiger partial charge in [-0.2, -0.15) is 4.89 Å². The number of ether oxygens (including phenoxy) is 2. The second kappa shape index (κ2) is 9.89. The topological polar surface area (TPSA) is 88.1 Å². The lowest BCUT2D eigenvalue weighted by Crippen LogP contribution is -2.19. The molecule has 7 nitrogen and oxygen atoms in total. The van der Waals surface area contributed by atoms with Gasteiger partial charge in [-0.1, -0.05) is 36.9 Å². The van der Waals surface area contributed by atoms with Crippen LogP contribution in [0.4, 0.5) is 0 Å². The van der Waals surface area contributed by atoms with Crippen LogP contribution in [0.25, 0.3) is 0 Å². The average molecular weight is 306 g/mol. The van der Waals surface area contributed by atoms with Gasteiger partial charge in [-0.3, -0.25) is 4.79 Å². The maximum Gasteiger partial charge on any atom is 0.379 e. The molecule has 0 spiro atoms. The summed E-state index contributed by atoms with van der Waals surface area (Å²) in [6, 6.07) is 8.04. The van der Waals surface area contributed by atoms with E-state index in [1.54, 1.807) is 18.2 Å². The van der Waals surface area contributed by atoms with E-state index in [1.165, 1.54) is 12.1 Å². The second-order valence-electron chi connectivity index (χ2n) is 3.66. The predicted octanol–water partition coefficient (Wildman–Crippen LogP) is 1.56. The van der Waals surface area contributed by atoms with E-state index in [0.29, 0.717) is 0 Å². The fraction of sp³-hybridized carbons (Fsp3) is 0.133. The molecule has 1 aromatic rings. The van der Waals surface area contributed by atoms with Gasteiger partial charge in [-0.25, -0.2) is 9.59 Å². The zero-order chi connectivity index (χ0) is 16.2. The van der Waals surface area contributed by atoms with E-state index in [-0.39, 0.29) is 18.8 Å². The van der Waals surface area contributed by atoms with Gasteiger partial charge in [0, 0.05) is 11.6 Å². The highest BCUT2D eigenvalue weighted by molar-refractivity contribution is 6.40. The van der Waals surface area contributed by atoms with Crippen LogP contribution in [0.5, 0.6) is 0 Å². The molecule has 0 N–H and O–H groups in total. The van der Waals surface area contributed by atoms with Gasteiger partial charge in [0.25, 0.3) is 5.78 Å². The molecular weight excluding hydrogens is 292 g/mol. The molecule has 7 heteroatoms. The molecule has 0 atom stereocenters. The summed E-state index contributed by atoms with van der Waals surface area (Å²) in [5.41, 5.74) is 0.247. The molecule has 0 heterocycles. The van der Waals surface area contributed by atoms with Crippen molar-refractivity contribution in [1.29, 1.82) is 0 Å². The Morgan fingerprint density at radius 1 is 1.05 bits per heavy atom. The Hall–Kier alpha value is -2.93. The van der Waals surface area contributed by atoms with Gasteiger partial charge >= 0.3 is 11.9 Å². The summed E-state index contributed by atoms with van der Waals surface area (Å²) in [6.45, 7) is 2.92. The molecule has 0 aliphatic heterocycles. The van der Waals surface area contributed by atoms with Crippen molar-refractivity contribution in [3.8, 4) is 0 Å². The van der Waals surface area contributed by atoms with Crippen LogP contribution in [0.1, 0.15) is 10.4 Å². The first-order chi connectivity index (χ1) is 10.6. The van der Waals surface area contributed by atoms with Gasteiger partial charge in [-0.15, -0.1) is 0 Å². The van der Waals surface area contributed by atoms with Crippen LogP contribution in [-0.4, -0.2) is 30.9 Å². The molecule has 0 radical (unpaired) electrons. The lowest BCUT2D eigenvalue weighted by atomic mass is 10.1. The smallest absolute Gasteiger partial charge is 0.379 e. The Bertz CT molecular complexity index is 548. The fourth-order valence-electron chi connectivity index (χ4n) is 1.19. The van der Waals surface area contributed by atoms with Crippen LogP contribution >= 0.6 is 0 Å². The fourth-order valence-corrected chi connectivity index (χ4v) is 1.19. The summed E-state index contributed by atoms with van der Waals surface area (Å²) < 4.78 is 9.15. The molecular formula is C15H14O7. The van der Waals surface area contributed by atoms with Crippen molar-refractivity contribution in [2.24, 2.45) is 0 Å². The number of ketones is 1. The van der Waals surface area contributed by atoms with Crippen LogP contribution in [0.15, 0.2) is 55.5 Å². The number of carbonyl (C=O) groups is 3. The lowest BCUT2D eigenvalue weighted by Gasteiger charge is -2.03. The second-order valence-corrected chi connectivity index (χ2v) is 3.66. The zero-order valence-corrected chi connectivity index (χ0v) is 11.6. The van der Waals surface area contributed by atoms with Crippen LogP contribution in [0.3, 0.4) is 0 Å². The Labute approximate surface area is 126 Å². The number of rotatable bonds is 9.